The zero-order valence-electron chi connectivity index (χ0n) is 16.6. The van der Waals surface area contributed by atoms with E-state index in [2.05, 4.69) is 41.1 Å². The van der Waals surface area contributed by atoms with Gasteiger partial charge in [0.25, 0.3) is 0 Å². The first-order valence-corrected chi connectivity index (χ1v) is 11.1. The van der Waals surface area contributed by atoms with E-state index >= 15 is 0 Å². The third-order valence-corrected chi connectivity index (χ3v) is 5.64. The Morgan fingerprint density at radius 3 is 2.26 bits per heavy atom. The summed E-state index contributed by atoms with van der Waals surface area (Å²) in [5, 5.41) is 9.53. The molecule has 0 bridgehead atoms. The molecule has 2 aromatic heterocycles. The summed E-state index contributed by atoms with van der Waals surface area (Å²) in [6.07, 6.45) is 0. The number of nitrogens with zero attached hydrogens (tertiary/aromatic N) is 6. The molecule has 31 heavy (non-hydrogen) atoms. The largest absolute Gasteiger partial charge is 0.494 e. The van der Waals surface area contributed by atoms with Gasteiger partial charge in [0.1, 0.15) is 11.6 Å². The second-order valence-electron chi connectivity index (χ2n) is 6.33. The number of nitrogen functional groups attached to an aromatic ring is 2. The average Bonchev–Trinajstić information content (AvgIpc) is 3.17. The third-order valence-electron chi connectivity index (χ3n) is 4.19. The fourth-order valence-electron chi connectivity index (χ4n) is 2.89. The molecule has 0 aliphatic carbocycles. The SMILES string of the molecule is CCOc1ccc(-n2c(SCc3nc(N)nc(N)n3)nnc2-c2ccc(Br)cc2)cc1. The lowest BCUT2D eigenvalue weighted by Crippen LogP contribution is -2.06. The number of nitrogens with two attached hydrogens (primary N) is 2. The Kier molecular flexibility index (Phi) is 6.33. The highest BCUT2D eigenvalue weighted by atomic mass is 79.9. The molecule has 0 saturated heterocycles. The first-order valence-electron chi connectivity index (χ1n) is 9.37. The van der Waals surface area contributed by atoms with Gasteiger partial charge in [0.2, 0.25) is 11.9 Å². The van der Waals surface area contributed by atoms with Crippen molar-refractivity contribution in [3.05, 3.63) is 58.8 Å². The molecule has 9 nitrogen and oxygen atoms in total. The quantitative estimate of drug-likeness (QED) is 0.365. The fourth-order valence-corrected chi connectivity index (χ4v) is 3.96. The summed E-state index contributed by atoms with van der Waals surface area (Å²) in [4.78, 5) is 12.1. The Hall–Kier alpha value is -3.18. The van der Waals surface area contributed by atoms with Gasteiger partial charge in [-0.2, -0.15) is 15.0 Å². The molecule has 0 spiro atoms. The van der Waals surface area contributed by atoms with Crippen molar-refractivity contribution in [3.63, 3.8) is 0 Å². The zero-order valence-corrected chi connectivity index (χ0v) is 19.0. The summed E-state index contributed by atoms with van der Waals surface area (Å²) < 4.78 is 8.54. The van der Waals surface area contributed by atoms with Gasteiger partial charge in [-0.15, -0.1) is 10.2 Å². The van der Waals surface area contributed by atoms with Crippen LogP contribution in [-0.4, -0.2) is 36.3 Å². The van der Waals surface area contributed by atoms with Crippen molar-refractivity contribution in [1.82, 2.24) is 29.7 Å². The van der Waals surface area contributed by atoms with E-state index in [0.29, 0.717) is 29.2 Å². The van der Waals surface area contributed by atoms with Crippen molar-refractivity contribution in [2.24, 2.45) is 0 Å². The normalized spacial score (nSPS) is 10.9. The number of thioether (sulfide) groups is 1. The molecule has 0 unspecified atom stereocenters. The fraction of sp³-hybridized carbons (Fsp3) is 0.150. The van der Waals surface area contributed by atoms with Gasteiger partial charge in [0.05, 0.1) is 12.4 Å². The van der Waals surface area contributed by atoms with Crippen molar-refractivity contribution >= 4 is 39.6 Å². The summed E-state index contributed by atoms with van der Waals surface area (Å²) >= 11 is 4.90. The van der Waals surface area contributed by atoms with Crippen LogP contribution in [0.2, 0.25) is 0 Å². The maximum Gasteiger partial charge on any atom is 0.225 e. The first kappa shape index (κ1) is 21.1. The van der Waals surface area contributed by atoms with Gasteiger partial charge in [-0.3, -0.25) is 4.57 Å². The molecule has 4 rings (SSSR count). The highest BCUT2D eigenvalue weighted by Gasteiger charge is 2.17. The minimum atomic E-state index is 0.0895. The van der Waals surface area contributed by atoms with Gasteiger partial charge < -0.3 is 16.2 Å². The lowest BCUT2D eigenvalue weighted by Gasteiger charge is -2.11. The summed E-state index contributed by atoms with van der Waals surface area (Å²) in [7, 11) is 0. The van der Waals surface area contributed by atoms with Crippen molar-refractivity contribution in [2.75, 3.05) is 18.1 Å². The van der Waals surface area contributed by atoms with E-state index in [0.717, 1.165) is 21.5 Å². The highest BCUT2D eigenvalue weighted by molar-refractivity contribution is 9.10. The van der Waals surface area contributed by atoms with Crippen LogP contribution in [0, 0.1) is 0 Å². The van der Waals surface area contributed by atoms with E-state index < -0.39 is 0 Å². The first-order chi connectivity index (χ1) is 15.0. The van der Waals surface area contributed by atoms with E-state index in [1.165, 1.54) is 11.8 Å². The van der Waals surface area contributed by atoms with Crippen molar-refractivity contribution in [2.45, 2.75) is 17.8 Å². The van der Waals surface area contributed by atoms with Crippen LogP contribution in [0.1, 0.15) is 12.7 Å². The smallest absolute Gasteiger partial charge is 0.225 e. The molecule has 4 N–H and O–H groups in total. The van der Waals surface area contributed by atoms with Crippen LogP contribution in [0.4, 0.5) is 11.9 Å². The molecule has 0 fully saturated rings. The lowest BCUT2D eigenvalue weighted by atomic mass is 10.2. The van der Waals surface area contributed by atoms with Crippen LogP contribution in [-0.2, 0) is 5.75 Å². The highest BCUT2D eigenvalue weighted by Crippen LogP contribution is 2.30. The number of halogens is 1. The molecule has 0 atom stereocenters. The van der Waals surface area contributed by atoms with E-state index in [-0.39, 0.29) is 11.9 Å². The third kappa shape index (κ3) is 4.94. The maximum absolute atomic E-state index is 5.68. The number of benzene rings is 2. The number of rotatable bonds is 7. The average molecular weight is 499 g/mol. The second-order valence-corrected chi connectivity index (χ2v) is 8.19. The number of hydrogen-bond acceptors (Lipinski definition) is 9. The van der Waals surface area contributed by atoms with Crippen LogP contribution in [0.5, 0.6) is 5.75 Å². The summed E-state index contributed by atoms with van der Waals surface area (Å²) in [5.74, 6) is 2.58. The van der Waals surface area contributed by atoms with Crippen LogP contribution >= 0.6 is 27.7 Å². The molecule has 4 aromatic rings. The monoisotopic (exact) mass is 498 g/mol. The van der Waals surface area contributed by atoms with E-state index in [4.69, 9.17) is 16.2 Å². The Morgan fingerprint density at radius 2 is 1.61 bits per heavy atom. The molecule has 2 aromatic carbocycles. The van der Waals surface area contributed by atoms with Gasteiger partial charge in [-0.1, -0.05) is 39.8 Å². The summed E-state index contributed by atoms with van der Waals surface area (Å²) in [6, 6.07) is 15.7. The molecular formula is C20H19BrN8OS. The summed E-state index contributed by atoms with van der Waals surface area (Å²) in [5.41, 5.74) is 13.2. The van der Waals surface area contributed by atoms with Crippen LogP contribution in [0.3, 0.4) is 0 Å². The maximum atomic E-state index is 5.68. The van der Waals surface area contributed by atoms with Gasteiger partial charge >= 0.3 is 0 Å². The molecule has 158 valence electrons. The molecule has 0 saturated carbocycles. The van der Waals surface area contributed by atoms with Crippen LogP contribution in [0.25, 0.3) is 17.1 Å². The lowest BCUT2D eigenvalue weighted by molar-refractivity contribution is 0.340. The molecule has 0 amide bonds. The Labute approximate surface area is 191 Å². The minimum Gasteiger partial charge on any atom is -0.494 e. The molecular weight excluding hydrogens is 480 g/mol. The predicted molar refractivity (Wildman–Crippen MR) is 124 cm³/mol. The van der Waals surface area contributed by atoms with Crippen molar-refractivity contribution < 1.29 is 4.74 Å². The topological polar surface area (TPSA) is 131 Å². The molecule has 0 aliphatic rings. The van der Waals surface area contributed by atoms with E-state index in [1.54, 1.807) is 0 Å². The molecule has 0 aliphatic heterocycles. The van der Waals surface area contributed by atoms with Crippen molar-refractivity contribution in [1.29, 1.82) is 0 Å². The van der Waals surface area contributed by atoms with Gasteiger partial charge in [0.15, 0.2) is 11.0 Å². The van der Waals surface area contributed by atoms with Crippen LogP contribution in [0.15, 0.2) is 58.2 Å². The minimum absolute atomic E-state index is 0.0895. The van der Waals surface area contributed by atoms with Gasteiger partial charge in [-0.25, -0.2) is 0 Å². The number of hydrogen-bond donors (Lipinski definition) is 2. The van der Waals surface area contributed by atoms with Gasteiger partial charge in [0, 0.05) is 15.7 Å². The Morgan fingerprint density at radius 1 is 0.935 bits per heavy atom. The van der Waals surface area contributed by atoms with Gasteiger partial charge in [-0.05, 0) is 43.3 Å². The molecule has 11 heteroatoms. The molecule has 2 heterocycles. The Bertz CT molecular complexity index is 1160. The van der Waals surface area contributed by atoms with Crippen molar-refractivity contribution in [3.8, 4) is 22.8 Å². The number of anilines is 2. The number of ether oxygens (including phenoxy) is 1. The van der Waals surface area contributed by atoms with E-state index in [9.17, 15) is 0 Å². The Balaban J connectivity index is 1.71. The zero-order chi connectivity index (χ0) is 21.8. The van der Waals surface area contributed by atoms with E-state index in [1.807, 2.05) is 60.0 Å². The predicted octanol–water partition coefficient (Wildman–Crippen LogP) is 3.74. The number of aromatic nitrogens is 6. The standard InChI is InChI=1S/C20H19BrN8OS/c1-2-30-15-9-7-14(8-10-15)29-17(12-3-5-13(21)6-4-12)27-28-20(29)31-11-16-24-18(22)26-19(23)25-16/h3-10H,2,11H2,1H3,(H4,22,23,24,25,26). The van der Waals surface area contributed by atoms with Crippen LogP contribution < -0.4 is 16.2 Å². The summed E-state index contributed by atoms with van der Waals surface area (Å²) in [6.45, 7) is 2.56. The molecule has 0 radical (unpaired) electrons. The second kappa shape index (κ2) is 9.31.